The Labute approximate surface area is 180 Å². The lowest BCUT2D eigenvalue weighted by Crippen LogP contribution is -2.48. The van der Waals surface area contributed by atoms with Gasteiger partial charge in [-0.3, -0.25) is 0 Å². The van der Waals surface area contributed by atoms with E-state index < -0.39 is 15.6 Å². The van der Waals surface area contributed by atoms with E-state index in [0.29, 0.717) is 17.1 Å². The molecule has 24 heavy (non-hydrogen) atoms. The number of carboxylic acid groups (broad SMARTS) is 1. The van der Waals surface area contributed by atoms with Crippen molar-refractivity contribution >= 4 is 74.3 Å². The number of phenolic OH excluding ortho intramolecular Hbond substituents is 1. The zero-order valence-corrected chi connectivity index (χ0v) is 18.5. The summed E-state index contributed by atoms with van der Waals surface area (Å²) in [6.45, 7) is 0. The number of ether oxygens (including phenoxy) is 1. The van der Waals surface area contributed by atoms with Gasteiger partial charge in [0, 0.05) is 45.7 Å². The molecule has 0 saturated carbocycles. The summed E-state index contributed by atoms with van der Waals surface area (Å²) in [6, 6.07) is 12.6. The second kappa shape index (κ2) is 8.33. The number of phenols is 1. The number of nitrogens with two attached hydrogens (primary N) is 1. The van der Waals surface area contributed by atoms with Crippen molar-refractivity contribution in [3.8, 4) is 17.2 Å². The fraction of sp³-hybridized carbons (Fsp3) is 0.133. The topological polar surface area (TPSA) is 96.0 Å². The van der Waals surface area contributed by atoms with Crippen LogP contribution < -0.4 is 10.5 Å². The minimum absolute atomic E-state index is 0.165. The molecule has 2 aromatic rings. The third-order valence-electron chi connectivity index (χ3n) is 3.27. The van der Waals surface area contributed by atoms with Crippen molar-refractivity contribution < 1.29 is 19.7 Å². The van der Waals surface area contributed by atoms with Crippen LogP contribution in [0.4, 0.5) is 0 Å². The maximum atomic E-state index is 11.6. The average Bonchev–Trinajstić information content (AvgIpc) is 2.55. The monoisotopic (exact) mass is 666 g/mol. The average molecular weight is 666 g/mol. The Balaban J connectivity index is 2.19. The minimum Gasteiger partial charge on any atom is -0.508 e. The van der Waals surface area contributed by atoms with E-state index in [1.54, 1.807) is 36.4 Å². The summed E-state index contributed by atoms with van der Waals surface area (Å²) in [4.78, 5) is 11.6. The Hall–Kier alpha value is -0.380. The van der Waals surface area contributed by atoms with Crippen LogP contribution in [0.5, 0.6) is 17.2 Å². The molecule has 2 atom stereocenters. The molecule has 0 saturated heterocycles. The Bertz CT molecular complexity index is 710. The van der Waals surface area contributed by atoms with Crippen LogP contribution in [0.3, 0.4) is 0 Å². The predicted octanol–water partition coefficient (Wildman–Crippen LogP) is 4.40. The third kappa shape index (κ3) is 4.42. The lowest BCUT2D eigenvalue weighted by Gasteiger charge is -2.32. The Morgan fingerprint density at radius 1 is 1.08 bits per heavy atom. The van der Waals surface area contributed by atoms with Crippen molar-refractivity contribution in [2.24, 2.45) is 5.73 Å². The summed E-state index contributed by atoms with van der Waals surface area (Å²) in [6.07, 6.45) is 0. The first-order chi connectivity index (χ1) is 11.2. The number of hydrogen-bond donors (Lipinski definition) is 3. The molecule has 2 rings (SSSR count). The number of hydrogen-bond acceptors (Lipinski definition) is 5. The van der Waals surface area contributed by atoms with Gasteiger partial charge in [-0.15, -0.1) is 0 Å². The smallest absolute Gasteiger partial charge is 0.337 e. The summed E-state index contributed by atoms with van der Waals surface area (Å²) >= 11 is 5.66. The number of benzene rings is 2. The Kier molecular flexibility index (Phi) is 6.92. The van der Waals surface area contributed by atoms with Crippen LogP contribution in [0.1, 0.15) is 11.6 Å². The van der Waals surface area contributed by atoms with Crippen LogP contribution in [0, 0.1) is 0 Å². The van der Waals surface area contributed by atoms with Crippen LogP contribution in [-0.2, 0) is 4.79 Å². The number of carbonyl (C=O) groups is 1. The van der Waals surface area contributed by atoms with Crippen molar-refractivity contribution in [2.45, 2.75) is 9.59 Å². The fourth-order valence-corrected chi connectivity index (χ4v) is 3.30. The Morgan fingerprint density at radius 3 is 1.96 bits per heavy atom. The molecule has 0 heterocycles. The lowest BCUT2D eigenvalue weighted by molar-refractivity contribution is -0.141. The van der Waals surface area contributed by atoms with E-state index in [0.717, 1.165) is 0 Å². The van der Waals surface area contributed by atoms with Gasteiger partial charge in [0.2, 0.25) is 3.55 Å². The van der Waals surface area contributed by atoms with Crippen molar-refractivity contribution in [1.82, 2.24) is 1.33 Å². The van der Waals surface area contributed by atoms with Gasteiger partial charge in [-0.25, -0.2) is 4.79 Å². The van der Waals surface area contributed by atoms with Crippen LogP contribution in [0.2, 0.25) is 0 Å². The van der Waals surface area contributed by atoms with Crippen LogP contribution in [0.25, 0.3) is 0 Å². The number of rotatable bonds is 6. The van der Waals surface area contributed by atoms with Gasteiger partial charge in [-0.2, -0.15) is 1.33 Å². The molecule has 1 unspecified atom stereocenters. The Morgan fingerprint density at radius 2 is 1.54 bits per heavy atom. The van der Waals surface area contributed by atoms with E-state index in [-0.39, 0.29) is 5.75 Å². The standard InChI is InChI=1S/C15H13I3N2O4/c16-15(14(22)23,20(17)18)13(19)9-1-5-11(6-2-9)24-12-7-3-10(21)4-8-12/h1-8,13,21H,19H2,(H,22,23)/t13?,15-/m0/s1. The quantitative estimate of drug-likeness (QED) is 0.183. The molecule has 2 aromatic carbocycles. The van der Waals surface area contributed by atoms with E-state index in [4.69, 9.17) is 10.5 Å². The molecule has 0 spiro atoms. The molecule has 0 aromatic heterocycles. The number of alkyl halides is 1. The van der Waals surface area contributed by atoms with Gasteiger partial charge in [0.25, 0.3) is 0 Å². The van der Waals surface area contributed by atoms with E-state index in [1.807, 2.05) is 68.3 Å². The fourth-order valence-electron chi connectivity index (χ4n) is 1.92. The van der Waals surface area contributed by atoms with Gasteiger partial charge in [0.1, 0.15) is 17.2 Å². The van der Waals surface area contributed by atoms with Gasteiger partial charge in [0.05, 0.1) is 6.04 Å². The van der Waals surface area contributed by atoms with Crippen molar-refractivity contribution in [3.05, 3.63) is 54.1 Å². The molecule has 0 aliphatic heterocycles. The second-order valence-electron chi connectivity index (χ2n) is 4.85. The molecular weight excluding hydrogens is 653 g/mol. The minimum atomic E-state index is -1.28. The van der Waals surface area contributed by atoms with Crippen LogP contribution in [0.15, 0.2) is 48.5 Å². The maximum absolute atomic E-state index is 11.6. The molecule has 0 amide bonds. The number of halogens is 3. The van der Waals surface area contributed by atoms with Crippen molar-refractivity contribution in [2.75, 3.05) is 0 Å². The first kappa shape index (κ1) is 19.9. The zero-order valence-electron chi connectivity index (χ0n) is 12.1. The van der Waals surface area contributed by atoms with Crippen LogP contribution in [-0.4, -0.2) is 21.1 Å². The van der Waals surface area contributed by atoms with Gasteiger partial charge >= 0.3 is 5.97 Å². The highest BCUT2D eigenvalue weighted by atomic mass is 127. The molecule has 0 aliphatic rings. The number of aliphatic carboxylic acids is 1. The van der Waals surface area contributed by atoms with Gasteiger partial charge in [-0.05, 0) is 64.6 Å². The van der Waals surface area contributed by atoms with Gasteiger partial charge in [-0.1, -0.05) is 12.1 Å². The number of aromatic hydroxyl groups is 1. The normalized spacial score (nSPS) is 14.9. The first-order valence-corrected chi connectivity index (χ1v) is 9.62. The van der Waals surface area contributed by atoms with E-state index in [1.165, 1.54) is 13.5 Å². The molecular formula is C15H13I3N2O4. The van der Waals surface area contributed by atoms with E-state index >= 15 is 0 Å². The summed E-state index contributed by atoms with van der Waals surface area (Å²) < 4.78 is 5.91. The van der Waals surface area contributed by atoms with Crippen molar-refractivity contribution in [1.29, 1.82) is 0 Å². The molecule has 0 aliphatic carbocycles. The molecule has 0 bridgehead atoms. The number of carboxylic acids is 1. The highest BCUT2D eigenvalue weighted by Crippen LogP contribution is 2.41. The summed E-state index contributed by atoms with van der Waals surface area (Å²) in [5.74, 6) is 0.331. The van der Waals surface area contributed by atoms with Crippen molar-refractivity contribution in [3.63, 3.8) is 0 Å². The highest BCUT2D eigenvalue weighted by Gasteiger charge is 2.47. The van der Waals surface area contributed by atoms with Gasteiger partial charge in [0.15, 0.2) is 0 Å². The predicted molar refractivity (Wildman–Crippen MR) is 116 cm³/mol. The largest absolute Gasteiger partial charge is 0.508 e. The van der Waals surface area contributed by atoms with E-state index in [2.05, 4.69) is 0 Å². The summed E-state index contributed by atoms with van der Waals surface area (Å²) in [5, 5.41) is 18.8. The number of nitrogens with zero attached hydrogens (tertiary/aromatic N) is 1. The molecule has 9 heteroatoms. The third-order valence-corrected chi connectivity index (χ3v) is 8.25. The molecule has 0 fully saturated rings. The highest BCUT2D eigenvalue weighted by molar-refractivity contribution is 14.2. The maximum Gasteiger partial charge on any atom is 0.337 e. The first-order valence-electron chi connectivity index (χ1n) is 6.61. The SMILES string of the molecule is NC(c1ccc(Oc2ccc(O)cc2)cc1)[C@@](I)(C(=O)O)N(I)I. The second-order valence-corrected chi connectivity index (χ2v) is 10.3. The molecule has 6 nitrogen and oxygen atoms in total. The molecule has 4 N–H and O–H groups in total. The summed E-state index contributed by atoms with van der Waals surface area (Å²) in [7, 11) is 0. The molecule has 0 radical (unpaired) electrons. The van der Waals surface area contributed by atoms with Gasteiger partial charge < -0.3 is 20.7 Å². The zero-order chi connectivity index (χ0) is 17.9. The molecule has 128 valence electrons. The van der Waals surface area contributed by atoms with Crippen LogP contribution >= 0.6 is 68.3 Å². The summed E-state index contributed by atoms with van der Waals surface area (Å²) in [5.41, 5.74) is 6.87. The van der Waals surface area contributed by atoms with E-state index in [9.17, 15) is 15.0 Å². The lowest BCUT2D eigenvalue weighted by atomic mass is 10.0.